The molecular weight excluding hydrogens is 292 g/mol. The van der Waals surface area contributed by atoms with E-state index in [0.29, 0.717) is 12.2 Å². The summed E-state index contributed by atoms with van der Waals surface area (Å²) in [7, 11) is 0. The molecule has 1 N–H and O–H groups in total. The van der Waals surface area contributed by atoms with Crippen LogP contribution in [-0.4, -0.2) is 17.2 Å². The van der Waals surface area contributed by atoms with Crippen LogP contribution in [0.15, 0.2) is 28.8 Å². The number of hydrogen-bond donors (Lipinski definition) is 1. The number of ether oxygens (including phenoxy) is 1. The van der Waals surface area contributed by atoms with Crippen LogP contribution in [0.25, 0.3) is 0 Å². The van der Waals surface area contributed by atoms with Crippen molar-refractivity contribution in [2.24, 2.45) is 0 Å². The molecular formula is C18H24N2O3. The highest BCUT2D eigenvalue weighted by Crippen LogP contribution is 2.20. The molecule has 2 rings (SSSR count). The number of carbonyl (C=O) groups excluding carboxylic acids is 1. The van der Waals surface area contributed by atoms with E-state index in [9.17, 15) is 4.79 Å². The third kappa shape index (κ3) is 4.58. The van der Waals surface area contributed by atoms with E-state index in [1.807, 2.05) is 52.0 Å². The maximum Gasteiger partial charge on any atom is 0.261 e. The van der Waals surface area contributed by atoms with Crippen LogP contribution >= 0.6 is 0 Å². The molecule has 0 fully saturated rings. The van der Waals surface area contributed by atoms with Gasteiger partial charge in [-0.05, 0) is 38.0 Å². The quantitative estimate of drug-likeness (QED) is 0.886. The molecule has 0 spiro atoms. The van der Waals surface area contributed by atoms with Gasteiger partial charge in [0.2, 0.25) is 0 Å². The number of carbonyl (C=O) groups is 1. The van der Waals surface area contributed by atoms with E-state index in [0.717, 1.165) is 22.6 Å². The van der Waals surface area contributed by atoms with Crippen LogP contribution < -0.4 is 10.1 Å². The lowest BCUT2D eigenvalue weighted by Gasteiger charge is -2.16. The first-order chi connectivity index (χ1) is 10.9. The third-order valence-electron chi connectivity index (χ3n) is 3.61. The van der Waals surface area contributed by atoms with Gasteiger partial charge in [-0.3, -0.25) is 4.79 Å². The number of rotatable bonds is 6. The Kier molecular flexibility index (Phi) is 5.42. The number of nitrogens with one attached hydrogen (secondary N) is 1. The van der Waals surface area contributed by atoms with Gasteiger partial charge in [0.05, 0.1) is 6.54 Å². The zero-order valence-corrected chi connectivity index (χ0v) is 14.3. The van der Waals surface area contributed by atoms with E-state index in [-0.39, 0.29) is 11.8 Å². The average molecular weight is 316 g/mol. The smallest absolute Gasteiger partial charge is 0.261 e. The summed E-state index contributed by atoms with van der Waals surface area (Å²) in [5.74, 6) is 1.64. The van der Waals surface area contributed by atoms with Crippen molar-refractivity contribution in [3.63, 3.8) is 0 Å². The molecule has 1 atom stereocenters. The molecule has 5 heteroatoms. The van der Waals surface area contributed by atoms with Crippen molar-refractivity contribution in [2.45, 2.75) is 53.2 Å². The van der Waals surface area contributed by atoms with Gasteiger partial charge in [-0.1, -0.05) is 31.1 Å². The van der Waals surface area contributed by atoms with E-state index in [4.69, 9.17) is 9.26 Å². The first-order valence-electron chi connectivity index (χ1n) is 7.84. The second kappa shape index (κ2) is 7.31. The Hall–Kier alpha value is -2.30. The molecule has 0 radical (unpaired) electrons. The minimum atomic E-state index is -0.577. The number of aromatic nitrogens is 1. The monoisotopic (exact) mass is 316 g/mol. The molecule has 5 nitrogen and oxygen atoms in total. The van der Waals surface area contributed by atoms with Crippen molar-refractivity contribution >= 4 is 5.91 Å². The Bertz CT molecular complexity index is 677. The maximum atomic E-state index is 12.2. The molecule has 23 heavy (non-hydrogen) atoms. The van der Waals surface area contributed by atoms with Gasteiger partial charge in [0.25, 0.3) is 5.91 Å². The standard InChI is InChI=1S/C18H24N2O3/c1-11(2)16-9-15(20-23-16)10-19-18(21)14(5)22-17-8-12(3)6-7-13(17)4/h6-9,11,14H,10H2,1-5H3,(H,19,21). The molecule has 0 aliphatic heterocycles. The van der Waals surface area contributed by atoms with E-state index in [1.165, 1.54) is 0 Å². The third-order valence-corrected chi connectivity index (χ3v) is 3.61. The molecule has 0 aliphatic carbocycles. The summed E-state index contributed by atoms with van der Waals surface area (Å²) in [6.07, 6.45) is -0.577. The van der Waals surface area contributed by atoms with E-state index >= 15 is 0 Å². The molecule has 1 unspecified atom stereocenters. The summed E-state index contributed by atoms with van der Waals surface area (Å²) in [4.78, 5) is 12.2. The molecule has 0 saturated heterocycles. The Morgan fingerprint density at radius 2 is 2.00 bits per heavy atom. The topological polar surface area (TPSA) is 64.4 Å². The number of benzene rings is 1. The molecule has 1 amide bonds. The first kappa shape index (κ1) is 17.1. The lowest BCUT2D eigenvalue weighted by atomic mass is 10.1. The highest BCUT2D eigenvalue weighted by atomic mass is 16.5. The minimum Gasteiger partial charge on any atom is -0.481 e. The molecule has 0 saturated carbocycles. The number of aryl methyl sites for hydroxylation is 2. The van der Waals surface area contributed by atoms with E-state index in [2.05, 4.69) is 10.5 Å². The second-order valence-corrected chi connectivity index (χ2v) is 6.12. The number of nitrogens with zero attached hydrogens (tertiary/aromatic N) is 1. The summed E-state index contributed by atoms with van der Waals surface area (Å²) in [5, 5.41) is 6.77. The predicted molar refractivity (Wildman–Crippen MR) is 88.4 cm³/mol. The van der Waals surface area contributed by atoms with Crippen LogP contribution in [0.3, 0.4) is 0 Å². The van der Waals surface area contributed by atoms with Crippen molar-refractivity contribution in [3.8, 4) is 5.75 Å². The van der Waals surface area contributed by atoms with Gasteiger partial charge >= 0.3 is 0 Å². The first-order valence-corrected chi connectivity index (χ1v) is 7.84. The van der Waals surface area contributed by atoms with Gasteiger partial charge in [0, 0.05) is 12.0 Å². The number of hydrogen-bond acceptors (Lipinski definition) is 4. The lowest BCUT2D eigenvalue weighted by Crippen LogP contribution is -2.36. The molecule has 0 bridgehead atoms. The van der Waals surface area contributed by atoms with Crippen LogP contribution in [0.1, 0.15) is 49.3 Å². The fraction of sp³-hybridized carbons (Fsp3) is 0.444. The fourth-order valence-electron chi connectivity index (χ4n) is 2.08. The van der Waals surface area contributed by atoms with Crippen molar-refractivity contribution in [3.05, 3.63) is 46.8 Å². The van der Waals surface area contributed by atoms with E-state index in [1.54, 1.807) is 6.92 Å². The van der Waals surface area contributed by atoms with Gasteiger partial charge in [0.15, 0.2) is 6.10 Å². The highest BCUT2D eigenvalue weighted by Gasteiger charge is 2.16. The number of amides is 1. The van der Waals surface area contributed by atoms with Gasteiger partial charge in [-0.15, -0.1) is 0 Å². The van der Waals surface area contributed by atoms with Crippen LogP contribution in [-0.2, 0) is 11.3 Å². The zero-order valence-electron chi connectivity index (χ0n) is 14.3. The molecule has 1 aromatic heterocycles. The van der Waals surface area contributed by atoms with Gasteiger partial charge in [-0.25, -0.2) is 0 Å². The fourth-order valence-corrected chi connectivity index (χ4v) is 2.08. The maximum absolute atomic E-state index is 12.2. The Balaban J connectivity index is 1.90. The van der Waals surface area contributed by atoms with Gasteiger partial charge in [0.1, 0.15) is 17.2 Å². The summed E-state index contributed by atoms with van der Waals surface area (Å²) in [6.45, 7) is 10.1. The summed E-state index contributed by atoms with van der Waals surface area (Å²) >= 11 is 0. The van der Waals surface area contributed by atoms with Crippen molar-refractivity contribution in [1.29, 1.82) is 0 Å². The Morgan fingerprint density at radius 1 is 1.26 bits per heavy atom. The molecule has 1 aromatic carbocycles. The van der Waals surface area contributed by atoms with E-state index < -0.39 is 6.10 Å². The van der Waals surface area contributed by atoms with Crippen molar-refractivity contribution in [2.75, 3.05) is 0 Å². The summed E-state index contributed by atoms with van der Waals surface area (Å²) in [5.41, 5.74) is 2.82. The molecule has 2 aromatic rings. The lowest BCUT2D eigenvalue weighted by molar-refractivity contribution is -0.127. The summed E-state index contributed by atoms with van der Waals surface area (Å²) < 4.78 is 11.0. The Labute approximate surface area is 137 Å². The van der Waals surface area contributed by atoms with Gasteiger partial charge in [-0.2, -0.15) is 0 Å². The van der Waals surface area contributed by atoms with Crippen LogP contribution in [0.2, 0.25) is 0 Å². The van der Waals surface area contributed by atoms with Crippen molar-refractivity contribution < 1.29 is 14.1 Å². The predicted octanol–water partition coefficient (Wildman–Crippen LogP) is 3.50. The molecule has 124 valence electrons. The highest BCUT2D eigenvalue weighted by molar-refractivity contribution is 5.80. The van der Waals surface area contributed by atoms with Gasteiger partial charge < -0.3 is 14.6 Å². The molecule has 0 aliphatic rings. The average Bonchev–Trinajstić information content (AvgIpc) is 2.97. The van der Waals surface area contributed by atoms with Crippen molar-refractivity contribution in [1.82, 2.24) is 10.5 Å². The SMILES string of the molecule is Cc1ccc(C)c(OC(C)C(=O)NCc2cc(C(C)C)on2)c1. The van der Waals surface area contributed by atoms with Crippen LogP contribution in [0.5, 0.6) is 5.75 Å². The minimum absolute atomic E-state index is 0.181. The largest absolute Gasteiger partial charge is 0.481 e. The normalized spacial score (nSPS) is 12.3. The molecule has 1 heterocycles. The summed E-state index contributed by atoms with van der Waals surface area (Å²) in [6, 6.07) is 7.80. The van der Waals surface area contributed by atoms with Crippen LogP contribution in [0.4, 0.5) is 0 Å². The zero-order chi connectivity index (χ0) is 17.0. The van der Waals surface area contributed by atoms with Crippen LogP contribution in [0, 0.1) is 13.8 Å². The Morgan fingerprint density at radius 3 is 2.65 bits per heavy atom. The second-order valence-electron chi connectivity index (χ2n) is 6.12.